The lowest BCUT2D eigenvalue weighted by Crippen LogP contribution is -2.31. The summed E-state index contributed by atoms with van der Waals surface area (Å²) in [7, 11) is 0. The number of hydrogen-bond acceptors (Lipinski definition) is 10. The molecule has 1 N–H and O–H groups in total. The van der Waals surface area contributed by atoms with Gasteiger partial charge in [-0.05, 0) is 37.8 Å². The second-order valence-corrected chi connectivity index (χ2v) is 9.28. The van der Waals surface area contributed by atoms with E-state index >= 15 is 0 Å². The van der Waals surface area contributed by atoms with Crippen LogP contribution in [0, 0.1) is 10.1 Å². The van der Waals surface area contributed by atoms with Crippen LogP contribution in [0.1, 0.15) is 49.4 Å². The first-order valence-electron chi connectivity index (χ1n) is 10.7. The Morgan fingerprint density at radius 2 is 1.88 bits per heavy atom. The number of non-ortho nitro benzene ring substituents is 1. The van der Waals surface area contributed by atoms with Crippen molar-refractivity contribution in [2.75, 3.05) is 0 Å². The standard InChI is InChI=1S/C21H17N7O5S/c29-18-15-17(27(12-7-8-12)21(30)24-18)22-16(10-1-2-10)23-20(15)34-9-14-25-26-19(33-14)11-3-5-13(6-4-11)28(31)32/h3-6,10,12H,1-2,7-9H2,(H,24,29,30). The summed E-state index contributed by atoms with van der Waals surface area (Å²) >= 11 is 1.27. The molecule has 0 atom stereocenters. The van der Waals surface area contributed by atoms with Gasteiger partial charge in [-0.1, -0.05) is 11.8 Å². The van der Waals surface area contributed by atoms with Gasteiger partial charge in [-0.2, -0.15) is 0 Å². The van der Waals surface area contributed by atoms with Crippen molar-refractivity contribution in [3.8, 4) is 11.5 Å². The van der Waals surface area contributed by atoms with E-state index in [4.69, 9.17) is 4.42 Å². The van der Waals surface area contributed by atoms with Crippen molar-refractivity contribution >= 4 is 28.5 Å². The van der Waals surface area contributed by atoms with Crippen LogP contribution in [0.2, 0.25) is 0 Å². The van der Waals surface area contributed by atoms with Gasteiger partial charge in [-0.3, -0.25) is 24.5 Å². The van der Waals surface area contributed by atoms with Crippen molar-refractivity contribution in [2.45, 2.75) is 48.4 Å². The van der Waals surface area contributed by atoms with Crippen molar-refractivity contribution in [1.29, 1.82) is 0 Å². The summed E-state index contributed by atoms with van der Waals surface area (Å²) in [6.45, 7) is 0. The number of fused-ring (bicyclic) bond motifs is 1. The molecule has 2 saturated carbocycles. The molecule has 3 heterocycles. The van der Waals surface area contributed by atoms with E-state index in [1.54, 1.807) is 16.7 Å². The molecule has 13 heteroatoms. The summed E-state index contributed by atoms with van der Waals surface area (Å²) in [5.74, 6) is 1.68. The number of thioether (sulfide) groups is 1. The molecule has 0 saturated heterocycles. The average Bonchev–Trinajstić information content (AvgIpc) is 3.76. The molecule has 1 aromatic carbocycles. The molecule has 0 aliphatic heterocycles. The van der Waals surface area contributed by atoms with Gasteiger partial charge >= 0.3 is 5.69 Å². The van der Waals surface area contributed by atoms with Gasteiger partial charge in [0.1, 0.15) is 16.2 Å². The lowest BCUT2D eigenvalue weighted by atomic mass is 10.2. The first-order valence-corrected chi connectivity index (χ1v) is 11.7. The highest BCUT2D eigenvalue weighted by molar-refractivity contribution is 7.98. The van der Waals surface area contributed by atoms with Gasteiger partial charge in [0.25, 0.3) is 11.2 Å². The SMILES string of the molecule is O=c1[nH]c(=O)n(C2CC2)c2nc(C3CC3)nc(SCc3nnc(-c4ccc([N+](=O)[O-])cc4)o3)c12. The maximum absolute atomic E-state index is 12.7. The van der Waals surface area contributed by atoms with E-state index in [1.165, 1.54) is 23.9 Å². The van der Waals surface area contributed by atoms with E-state index in [0.29, 0.717) is 28.0 Å². The lowest BCUT2D eigenvalue weighted by molar-refractivity contribution is -0.384. The summed E-state index contributed by atoms with van der Waals surface area (Å²) in [6.07, 6.45) is 3.71. The molecular formula is C21H17N7O5S. The summed E-state index contributed by atoms with van der Waals surface area (Å²) in [6, 6.07) is 5.86. The molecule has 0 unspecified atom stereocenters. The van der Waals surface area contributed by atoms with E-state index < -0.39 is 16.2 Å². The fourth-order valence-electron chi connectivity index (χ4n) is 3.72. The van der Waals surface area contributed by atoms with Gasteiger partial charge in [-0.15, -0.1) is 10.2 Å². The van der Waals surface area contributed by atoms with Crippen LogP contribution in [-0.2, 0) is 5.75 Å². The summed E-state index contributed by atoms with van der Waals surface area (Å²) < 4.78 is 7.29. The predicted molar refractivity (Wildman–Crippen MR) is 121 cm³/mol. The van der Waals surface area contributed by atoms with E-state index in [1.807, 2.05) is 0 Å². The number of benzene rings is 1. The third-order valence-corrected chi connectivity index (χ3v) is 6.71. The van der Waals surface area contributed by atoms with Crippen molar-refractivity contribution in [3.63, 3.8) is 0 Å². The zero-order chi connectivity index (χ0) is 23.4. The van der Waals surface area contributed by atoms with Gasteiger partial charge in [0.2, 0.25) is 11.8 Å². The van der Waals surface area contributed by atoms with Gasteiger partial charge in [0.15, 0.2) is 5.65 Å². The Balaban J connectivity index is 1.32. The summed E-state index contributed by atoms with van der Waals surface area (Å²) in [5, 5.41) is 19.7. The monoisotopic (exact) mass is 479 g/mol. The van der Waals surface area contributed by atoms with Gasteiger partial charge in [0, 0.05) is 29.7 Å². The minimum absolute atomic E-state index is 0.0314. The Labute approximate surface area is 194 Å². The molecule has 4 aromatic rings. The number of hydrogen-bond donors (Lipinski definition) is 1. The predicted octanol–water partition coefficient (Wildman–Crippen LogP) is 2.94. The van der Waals surface area contributed by atoms with Crippen LogP contribution in [0.3, 0.4) is 0 Å². The fraction of sp³-hybridized carbons (Fsp3) is 0.333. The third-order valence-electron chi connectivity index (χ3n) is 5.75. The van der Waals surface area contributed by atoms with E-state index in [2.05, 4.69) is 25.1 Å². The number of H-pyrrole nitrogens is 1. The number of nitro benzene ring substituents is 1. The highest BCUT2D eigenvalue weighted by Crippen LogP contribution is 2.41. The summed E-state index contributed by atoms with van der Waals surface area (Å²) in [5.41, 5.74) is -0.0496. The summed E-state index contributed by atoms with van der Waals surface area (Å²) in [4.78, 5) is 47.2. The second-order valence-electron chi connectivity index (χ2n) is 8.31. The topological polar surface area (TPSA) is 163 Å². The smallest absolute Gasteiger partial charge is 0.330 e. The van der Waals surface area contributed by atoms with Crippen LogP contribution >= 0.6 is 11.8 Å². The van der Waals surface area contributed by atoms with Crippen molar-refractivity contribution in [2.24, 2.45) is 0 Å². The molecule has 2 aliphatic rings. The highest BCUT2D eigenvalue weighted by Gasteiger charge is 2.32. The molecule has 0 amide bonds. The van der Waals surface area contributed by atoms with E-state index in [9.17, 15) is 19.7 Å². The molecule has 6 rings (SSSR count). The van der Waals surface area contributed by atoms with Gasteiger partial charge < -0.3 is 4.42 Å². The first-order chi connectivity index (χ1) is 16.5. The van der Waals surface area contributed by atoms with E-state index in [0.717, 1.165) is 25.7 Å². The molecule has 2 fully saturated rings. The Morgan fingerprint density at radius 3 is 2.56 bits per heavy atom. The number of nitrogens with zero attached hydrogens (tertiary/aromatic N) is 6. The van der Waals surface area contributed by atoms with Crippen molar-refractivity contribution < 1.29 is 9.34 Å². The Bertz CT molecular complexity index is 1550. The number of nitro groups is 1. The van der Waals surface area contributed by atoms with Crippen LogP contribution in [-0.4, -0.2) is 34.6 Å². The van der Waals surface area contributed by atoms with Crippen molar-refractivity contribution in [1.82, 2.24) is 29.7 Å². The molecule has 172 valence electrons. The third kappa shape index (κ3) is 3.77. The second kappa shape index (κ2) is 7.87. The minimum Gasteiger partial charge on any atom is -0.420 e. The first kappa shape index (κ1) is 20.7. The Hall–Kier alpha value is -3.87. The van der Waals surface area contributed by atoms with Crippen LogP contribution in [0.5, 0.6) is 0 Å². The fourth-order valence-corrected chi connectivity index (χ4v) is 4.58. The zero-order valence-electron chi connectivity index (χ0n) is 17.6. The molecule has 3 aromatic heterocycles. The van der Waals surface area contributed by atoms with Crippen molar-refractivity contribution in [3.05, 3.63) is 66.9 Å². The lowest BCUT2D eigenvalue weighted by Gasteiger charge is -2.11. The molecule has 0 radical (unpaired) electrons. The number of nitrogens with one attached hydrogen (secondary N) is 1. The normalized spacial score (nSPS) is 15.6. The van der Waals surface area contributed by atoms with Crippen LogP contribution in [0.4, 0.5) is 5.69 Å². The highest BCUT2D eigenvalue weighted by atomic mass is 32.2. The Morgan fingerprint density at radius 1 is 1.12 bits per heavy atom. The molecule has 0 spiro atoms. The zero-order valence-corrected chi connectivity index (χ0v) is 18.4. The maximum atomic E-state index is 12.7. The van der Waals surface area contributed by atoms with Crippen LogP contribution in [0.25, 0.3) is 22.5 Å². The van der Waals surface area contributed by atoms with E-state index in [-0.39, 0.29) is 34.7 Å². The molecule has 12 nitrogen and oxygen atoms in total. The quantitative estimate of drug-likeness (QED) is 0.180. The minimum atomic E-state index is -0.515. The number of aromatic amines is 1. The Kier molecular flexibility index (Phi) is 4.79. The van der Waals surface area contributed by atoms with Gasteiger partial charge in [0.05, 0.1) is 10.7 Å². The maximum Gasteiger partial charge on any atom is 0.330 e. The molecule has 2 aliphatic carbocycles. The van der Waals surface area contributed by atoms with Crippen LogP contribution in [0.15, 0.2) is 43.3 Å². The van der Waals surface area contributed by atoms with Crippen LogP contribution < -0.4 is 11.2 Å². The largest absolute Gasteiger partial charge is 0.420 e. The van der Waals surface area contributed by atoms with Gasteiger partial charge in [-0.25, -0.2) is 14.8 Å². The number of rotatable bonds is 7. The molecule has 34 heavy (non-hydrogen) atoms. The average molecular weight is 479 g/mol. The molecular weight excluding hydrogens is 462 g/mol. The molecule has 0 bridgehead atoms. The number of aromatic nitrogens is 6.